The van der Waals surface area contributed by atoms with Gasteiger partial charge in [0.15, 0.2) is 0 Å². The van der Waals surface area contributed by atoms with Crippen LogP contribution in [-0.4, -0.2) is 56.2 Å². The molecule has 1 fully saturated rings. The van der Waals surface area contributed by atoms with Crippen molar-refractivity contribution >= 4 is 11.5 Å². The maximum atomic E-state index is 13.5. The van der Waals surface area contributed by atoms with Crippen molar-refractivity contribution in [2.45, 2.75) is 38.7 Å². The van der Waals surface area contributed by atoms with Crippen molar-refractivity contribution in [3.8, 4) is 17.9 Å². The van der Waals surface area contributed by atoms with Crippen LogP contribution in [0, 0.1) is 23.2 Å². The Kier molecular flexibility index (Phi) is 6.42. The Morgan fingerprint density at radius 3 is 2.94 bits per heavy atom. The van der Waals surface area contributed by atoms with Crippen molar-refractivity contribution in [1.82, 2.24) is 24.2 Å². The zero-order valence-electron chi connectivity index (χ0n) is 18.5. The van der Waals surface area contributed by atoms with Gasteiger partial charge in [-0.25, -0.2) is 14.8 Å². The third-order valence-corrected chi connectivity index (χ3v) is 5.67. The molecule has 2 aliphatic rings. The Morgan fingerprint density at radius 1 is 1.39 bits per heavy atom. The maximum absolute atomic E-state index is 13.5. The Hall–Kier alpha value is -3.71. The van der Waals surface area contributed by atoms with E-state index in [0.717, 1.165) is 17.4 Å². The van der Waals surface area contributed by atoms with Crippen LogP contribution >= 0.6 is 0 Å². The highest BCUT2D eigenvalue weighted by atomic mass is 16.7. The van der Waals surface area contributed by atoms with Gasteiger partial charge in [-0.15, -0.1) is 5.92 Å². The molecule has 2 aromatic rings. The smallest absolute Gasteiger partial charge is 0.326 e. The molecule has 3 N–H and O–H groups in total. The molecule has 33 heavy (non-hydrogen) atoms. The molecule has 0 radical (unpaired) electrons. The Morgan fingerprint density at radius 2 is 2.21 bits per heavy atom. The molecule has 0 spiro atoms. The molecule has 172 valence electrons. The molecule has 2 aromatic heterocycles. The van der Waals surface area contributed by atoms with E-state index in [2.05, 4.69) is 27.1 Å². The summed E-state index contributed by atoms with van der Waals surface area (Å²) in [6, 6.07) is 2.00. The third kappa shape index (κ3) is 4.32. The second-order valence-electron chi connectivity index (χ2n) is 7.87. The number of nitrogens with two attached hydrogens (primary N) is 1. The summed E-state index contributed by atoms with van der Waals surface area (Å²) >= 11 is 0. The van der Waals surface area contributed by atoms with Crippen molar-refractivity contribution in [1.29, 1.82) is 5.26 Å². The van der Waals surface area contributed by atoms with Crippen LogP contribution in [-0.2, 0) is 18.4 Å². The molecule has 0 aromatic carbocycles. The average Bonchev–Trinajstić information content (AvgIpc) is 3.17. The van der Waals surface area contributed by atoms with Crippen LogP contribution in [0.3, 0.4) is 0 Å². The number of hydrogen-bond acceptors (Lipinski definition) is 10. The van der Waals surface area contributed by atoms with Gasteiger partial charge in [-0.2, -0.15) is 10.3 Å². The summed E-state index contributed by atoms with van der Waals surface area (Å²) in [5.41, 5.74) is 5.75. The molecule has 0 amide bonds. The lowest BCUT2D eigenvalue weighted by molar-refractivity contribution is -0.198. The highest BCUT2D eigenvalue weighted by molar-refractivity contribution is 5.71. The minimum Gasteiger partial charge on any atom is -0.326 e. The van der Waals surface area contributed by atoms with E-state index in [9.17, 15) is 14.9 Å². The predicted octanol–water partition coefficient (Wildman–Crippen LogP) is -0.850. The van der Waals surface area contributed by atoms with Crippen LogP contribution in [0.2, 0.25) is 0 Å². The summed E-state index contributed by atoms with van der Waals surface area (Å²) < 4.78 is 2.40. The van der Waals surface area contributed by atoms with Gasteiger partial charge in [0.2, 0.25) is 6.35 Å². The van der Waals surface area contributed by atoms with Gasteiger partial charge in [0.05, 0.1) is 24.3 Å². The predicted molar refractivity (Wildman–Crippen MR) is 120 cm³/mol. The van der Waals surface area contributed by atoms with E-state index in [1.54, 1.807) is 23.9 Å². The summed E-state index contributed by atoms with van der Waals surface area (Å²) in [7, 11) is 1.57. The Bertz CT molecular complexity index is 1270. The fraction of sp³-hybridized carbons (Fsp3) is 0.476. The fourth-order valence-electron chi connectivity index (χ4n) is 3.97. The first kappa shape index (κ1) is 22.5. The van der Waals surface area contributed by atoms with Crippen LogP contribution in [0.25, 0.3) is 0 Å². The van der Waals surface area contributed by atoms with E-state index in [4.69, 9.17) is 10.6 Å². The second-order valence-corrected chi connectivity index (χ2v) is 7.87. The van der Waals surface area contributed by atoms with E-state index >= 15 is 0 Å². The van der Waals surface area contributed by atoms with Crippen molar-refractivity contribution < 1.29 is 4.84 Å². The van der Waals surface area contributed by atoms with Crippen LogP contribution in [0.1, 0.15) is 31.0 Å². The average molecular weight is 451 g/mol. The lowest BCUT2D eigenvalue weighted by Gasteiger charge is -2.34. The van der Waals surface area contributed by atoms with Crippen molar-refractivity contribution in [2.75, 3.05) is 29.9 Å². The lowest BCUT2D eigenvalue weighted by atomic mass is 10.1. The van der Waals surface area contributed by atoms with Crippen molar-refractivity contribution in [2.24, 2.45) is 12.8 Å². The number of aromatic nitrogens is 4. The monoisotopic (exact) mass is 451 g/mol. The van der Waals surface area contributed by atoms with Gasteiger partial charge in [-0.05, 0) is 19.8 Å². The highest BCUT2D eigenvalue weighted by Crippen LogP contribution is 2.31. The molecular formula is C21H25N9O3. The fourth-order valence-corrected chi connectivity index (χ4v) is 3.97. The summed E-state index contributed by atoms with van der Waals surface area (Å²) in [6.45, 7) is 3.04. The number of anilines is 2. The minimum atomic E-state index is -0.728. The topological polar surface area (TPSA) is 147 Å². The van der Waals surface area contributed by atoms with Crippen LogP contribution in [0.4, 0.5) is 11.5 Å². The number of nitrogens with zero attached hydrogens (tertiary/aromatic N) is 7. The number of nitriles is 1. The van der Waals surface area contributed by atoms with Crippen LogP contribution in [0.15, 0.2) is 22.1 Å². The lowest BCUT2D eigenvalue weighted by Crippen LogP contribution is -2.49. The molecule has 0 aliphatic carbocycles. The molecule has 12 heteroatoms. The van der Waals surface area contributed by atoms with Gasteiger partial charge in [0.25, 0.3) is 5.56 Å². The molecule has 12 nitrogen and oxygen atoms in total. The first-order chi connectivity index (χ1) is 15.9. The number of rotatable bonds is 5. The highest BCUT2D eigenvalue weighted by Gasteiger charge is 2.37. The number of nitrogens with one attached hydrogen (secondary N) is 1. The van der Waals surface area contributed by atoms with E-state index < -0.39 is 17.6 Å². The van der Waals surface area contributed by atoms with Gasteiger partial charge in [0.1, 0.15) is 23.9 Å². The van der Waals surface area contributed by atoms with Crippen LogP contribution < -0.4 is 27.2 Å². The van der Waals surface area contributed by atoms with Crippen LogP contribution in [0.5, 0.6) is 0 Å². The normalized spacial score (nSPS) is 19.9. The van der Waals surface area contributed by atoms with E-state index in [0.29, 0.717) is 18.9 Å². The Balaban J connectivity index is 1.74. The summed E-state index contributed by atoms with van der Waals surface area (Å²) in [6.07, 6.45) is 3.73. The number of hydroxylamine groups is 2. The standard InChI is InChI=1S/C21H25N9O3/c1-3-4-8-29-17-18(26-20(29)33-28-7-5-6-15(23)11-28)27(2)21(32)30(19(17)31)12-16-14(9-22)10-24-13-25-16/h10,13,15,20,26H,5-8,11-12,23H2,1-2H3. The third-order valence-electron chi connectivity index (χ3n) is 5.67. The summed E-state index contributed by atoms with van der Waals surface area (Å²) in [4.78, 5) is 42.3. The zero-order valence-corrected chi connectivity index (χ0v) is 18.5. The largest absolute Gasteiger partial charge is 0.332 e. The van der Waals surface area contributed by atoms with E-state index in [1.165, 1.54) is 17.1 Å². The molecule has 4 rings (SSSR count). The second kappa shape index (κ2) is 9.42. The SMILES string of the molecule is CC#CCN1c2c(n(C)c(=O)n(Cc3ncncc3C#N)c2=O)NC1ON1CCCC(N)C1. The molecule has 0 bridgehead atoms. The first-order valence-electron chi connectivity index (χ1n) is 10.6. The van der Waals surface area contributed by atoms with Gasteiger partial charge in [-0.3, -0.25) is 18.8 Å². The van der Waals surface area contributed by atoms with E-state index in [1.807, 2.05) is 6.07 Å². The number of hydrogen-bond donors (Lipinski definition) is 2. The maximum Gasteiger partial charge on any atom is 0.332 e. The minimum absolute atomic E-state index is 0.00943. The number of piperidine rings is 1. The molecule has 0 saturated carbocycles. The molecule has 2 atom stereocenters. The molecular weight excluding hydrogens is 426 g/mol. The molecule has 2 aliphatic heterocycles. The zero-order chi connectivity index (χ0) is 23.5. The molecule has 2 unspecified atom stereocenters. The van der Waals surface area contributed by atoms with Gasteiger partial charge >= 0.3 is 5.69 Å². The summed E-state index contributed by atoms with van der Waals surface area (Å²) in [5.74, 6) is 6.14. The van der Waals surface area contributed by atoms with Gasteiger partial charge in [-0.1, -0.05) is 5.92 Å². The quantitative estimate of drug-likeness (QED) is 0.551. The van der Waals surface area contributed by atoms with Crippen molar-refractivity contribution in [3.63, 3.8) is 0 Å². The summed E-state index contributed by atoms with van der Waals surface area (Å²) in [5, 5.41) is 14.3. The van der Waals surface area contributed by atoms with E-state index in [-0.39, 0.29) is 36.1 Å². The van der Waals surface area contributed by atoms with Crippen molar-refractivity contribution in [3.05, 3.63) is 44.6 Å². The first-order valence-corrected chi connectivity index (χ1v) is 10.6. The Labute approximate surface area is 190 Å². The van der Waals surface area contributed by atoms with Gasteiger partial charge < -0.3 is 16.0 Å². The van der Waals surface area contributed by atoms with Gasteiger partial charge in [0, 0.05) is 32.4 Å². The number of fused-ring (bicyclic) bond motifs is 1. The molecule has 1 saturated heterocycles. The molecule has 4 heterocycles.